The van der Waals surface area contributed by atoms with Crippen LogP contribution in [0.15, 0.2) is 71.4 Å². The fraction of sp³-hybridized carbons (Fsp3) is 0.0556. The molecule has 0 saturated carbocycles. The average Bonchev–Trinajstić information content (AvgIpc) is 3.10. The van der Waals surface area contributed by atoms with Crippen molar-refractivity contribution < 1.29 is 4.79 Å². The summed E-state index contributed by atoms with van der Waals surface area (Å²) in [5, 5.41) is 7.60. The molecule has 1 atom stereocenters. The number of amides is 1. The topological polar surface area (TPSA) is 32.3 Å². The lowest BCUT2D eigenvalue weighted by Crippen LogP contribution is -2.43. The minimum Gasteiger partial charge on any atom is -0.360 e. The second-order valence-corrected chi connectivity index (χ2v) is 5.94. The number of benzene rings is 2. The number of carbonyl (C=O) groups is 1. The maximum absolute atomic E-state index is 13.0. The molecule has 0 saturated heterocycles. The van der Waals surface area contributed by atoms with Gasteiger partial charge in [-0.05, 0) is 41.1 Å². The Bertz CT molecular complexity index is 799. The molecule has 0 radical (unpaired) electrons. The first-order valence-corrected chi connectivity index (χ1v) is 8.05. The van der Waals surface area contributed by atoms with E-state index >= 15 is 0 Å². The Hall–Kier alpha value is -2.59. The summed E-state index contributed by atoms with van der Waals surface area (Å²) in [5.74, 6) is 0.0248. The number of hydrogen-bond donors (Lipinski definition) is 1. The minimum atomic E-state index is -0.184. The van der Waals surface area contributed by atoms with Gasteiger partial charge in [-0.15, -0.1) is 0 Å². The number of anilines is 2. The predicted molar refractivity (Wildman–Crippen MR) is 90.4 cm³/mol. The summed E-state index contributed by atoms with van der Waals surface area (Å²) >= 11 is 1.64. The van der Waals surface area contributed by atoms with Gasteiger partial charge >= 0.3 is 0 Å². The van der Waals surface area contributed by atoms with Crippen LogP contribution in [0.25, 0.3) is 0 Å². The van der Waals surface area contributed by atoms with Gasteiger partial charge in [0.2, 0.25) is 0 Å². The summed E-state index contributed by atoms with van der Waals surface area (Å²) < 4.78 is 0. The van der Waals surface area contributed by atoms with Gasteiger partial charge in [0.15, 0.2) is 0 Å². The molecule has 4 rings (SSSR count). The summed E-state index contributed by atoms with van der Waals surface area (Å²) in [5.41, 5.74) is 3.58. The number of rotatable bonds is 2. The van der Waals surface area contributed by atoms with E-state index in [0.29, 0.717) is 5.56 Å². The summed E-state index contributed by atoms with van der Waals surface area (Å²) in [4.78, 5) is 14.8. The Morgan fingerprint density at radius 3 is 2.50 bits per heavy atom. The van der Waals surface area contributed by atoms with Crippen molar-refractivity contribution in [3.8, 4) is 0 Å². The second kappa shape index (κ2) is 5.31. The van der Waals surface area contributed by atoms with Gasteiger partial charge in [0.1, 0.15) is 6.17 Å². The lowest BCUT2D eigenvalue weighted by atomic mass is 10.0. The van der Waals surface area contributed by atoms with Gasteiger partial charge in [-0.25, -0.2) is 0 Å². The molecule has 2 heterocycles. The molecule has 22 heavy (non-hydrogen) atoms. The molecular weight excluding hydrogens is 292 g/mol. The number of fused-ring (bicyclic) bond motifs is 1. The molecule has 1 amide bonds. The van der Waals surface area contributed by atoms with E-state index in [4.69, 9.17) is 0 Å². The monoisotopic (exact) mass is 306 g/mol. The molecular formula is C18H14N2OS. The maximum Gasteiger partial charge on any atom is 0.262 e. The van der Waals surface area contributed by atoms with E-state index in [-0.39, 0.29) is 12.1 Å². The fourth-order valence-corrected chi connectivity index (χ4v) is 3.45. The normalized spacial score (nSPS) is 17.0. The van der Waals surface area contributed by atoms with E-state index in [2.05, 4.69) is 16.8 Å². The first-order chi connectivity index (χ1) is 10.8. The summed E-state index contributed by atoms with van der Waals surface area (Å²) in [6, 6.07) is 19.5. The van der Waals surface area contributed by atoms with Gasteiger partial charge in [-0.1, -0.05) is 30.3 Å². The first-order valence-electron chi connectivity index (χ1n) is 7.11. The van der Waals surface area contributed by atoms with Crippen molar-refractivity contribution in [2.45, 2.75) is 6.17 Å². The molecule has 0 aliphatic carbocycles. The molecule has 0 spiro atoms. The third kappa shape index (κ3) is 2.09. The van der Waals surface area contributed by atoms with Crippen LogP contribution in [0.3, 0.4) is 0 Å². The lowest BCUT2D eigenvalue weighted by Gasteiger charge is -2.37. The molecule has 1 aliphatic heterocycles. The van der Waals surface area contributed by atoms with Crippen LogP contribution in [0.4, 0.5) is 11.4 Å². The van der Waals surface area contributed by atoms with Crippen LogP contribution in [0.2, 0.25) is 0 Å². The fourth-order valence-electron chi connectivity index (χ4n) is 2.77. The van der Waals surface area contributed by atoms with Crippen LogP contribution in [0.5, 0.6) is 0 Å². The van der Waals surface area contributed by atoms with Gasteiger partial charge in [0, 0.05) is 16.9 Å². The van der Waals surface area contributed by atoms with E-state index in [9.17, 15) is 4.79 Å². The molecule has 0 fully saturated rings. The Morgan fingerprint density at radius 1 is 0.955 bits per heavy atom. The number of carbonyl (C=O) groups excluding carboxylic acids is 1. The standard InChI is InChI=1S/C18H14N2OS/c21-18-15-8-4-5-9-16(15)19-17(13-10-11-22-12-13)20(18)14-6-2-1-3-7-14/h1-12,17,19H/t17-/m0/s1. The second-order valence-electron chi connectivity index (χ2n) is 5.16. The smallest absolute Gasteiger partial charge is 0.262 e. The maximum atomic E-state index is 13.0. The van der Waals surface area contributed by atoms with Gasteiger partial charge in [0.05, 0.1) is 5.56 Å². The molecule has 3 aromatic rings. The van der Waals surface area contributed by atoms with Crippen LogP contribution in [0, 0.1) is 0 Å². The Balaban J connectivity index is 1.87. The van der Waals surface area contributed by atoms with Crippen molar-refractivity contribution >= 4 is 28.6 Å². The highest BCUT2D eigenvalue weighted by molar-refractivity contribution is 7.08. The van der Waals surface area contributed by atoms with Crippen molar-refractivity contribution in [2.24, 2.45) is 0 Å². The minimum absolute atomic E-state index is 0.0248. The molecule has 0 bridgehead atoms. The zero-order valence-corrected chi connectivity index (χ0v) is 12.6. The largest absolute Gasteiger partial charge is 0.360 e. The van der Waals surface area contributed by atoms with E-state index in [1.165, 1.54) is 0 Å². The van der Waals surface area contributed by atoms with Crippen molar-refractivity contribution in [2.75, 3.05) is 10.2 Å². The molecule has 108 valence electrons. The van der Waals surface area contributed by atoms with E-state index in [1.54, 1.807) is 11.3 Å². The summed E-state index contributed by atoms with van der Waals surface area (Å²) in [6.45, 7) is 0. The van der Waals surface area contributed by atoms with Crippen molar-refractivity contribution in [1.29, 1.82) is 0 Å². The number of nitrogens with zero attached hydrogens (tertiary/aromatic N) is 1. The number of nitrogens with one attached hydrogen (secondary N) is 1. The highest BCUT2D eigenvalue weighted by atomic mass is 32.1. The van der Waals surface area contributed by atoms with E-state index in [0.717, 1.165) is 16.9 Å². The highest BCUT2D eigenvalue weighted by Crippen LogP contribution is 2.36. The Labute approximate surface area is 132 Å². The first kappa shape index (κ1) is 13.1. The summed E-state index contributed by atoms with van der Waals surface area (Å²) in [6.07, 6.45) is -0.184. The lowest BCUT2D eigenvalue weighted by molar-refractivity contribution is 0.0975. The van der Waals surface area contributed by atoms with Crippen molar-refractivity contribution in [1.82, 2.24) is 0 Å². The van der Waals surface area contributed by atoms with Crippen LogP contribution in [-0.4, -0.2) is 5.91 Å². The number of para-hydroxylation sites is 2. The van der Waals surface area contributed by atoms with Gasteiger partial charge in [0.25, 0.3) is 5.91 Å². The van der Waals surface area contributed by atoms with Gasteiger partial charge < -0.3 is 5.32 Å². The highest BCUT2D eigenvalue weighted by Gasteiger charge is 2.33. The summed E-state index contributed by atoms with van der Waals surface area (Å²) in [7, 11) is 0. The molecule has 1 aromatic heterocycles. The van der Waals surface area contributed by atoms with Crippen LogP contribution in [-0.2, 0) is 0 Å². The number of thiophene rings is 1. The third-order valence-corrected chi connectivity index (χ3v) is 4.52. The molecule has 4 heteroatoms. The SMILES string of the molecule is O=C1c2ccccc2N[C@H](c2ccsc2)N1c1ccccc1. The molecule has 2 aromatic carbocycles. The van der Waals surface area contributed by atoms with Crippen LogP contribution in [0.1, 0.15) is 22.1 Å². The van der Waals surface area contributed by atoms with E-state index < -0.39 is 0 Å². The van der Waals surface area contributed by atoms with Crippen LogP contribution < -0.4 is 10.2 Å². The zero-order chi connectivity index (χ0) is 14.9. The van der Waals surface area contributed by atoms with Crippen LogP contribution >= 0.6 is 11.3 Å². The molecule has 0 unspecified atom stereocenters. The molecule has 1 N–H and O–H groups in total. The quantitative estimate of drug-likeness (QED) is 0.755. The van der Waals surface area contributed by atoms with E-state index in [1.807, 2.05) is 64.9 Å². The Morgan fingerprint density at radius 2 is 1.73 bits per heavy atom. The zero-order valence-electron chi connectivity index (χ0n) is 11.8. The predicted octanol–water partition coefficient (Wildman–Crippen LogP) is 4.52. The van der Waals surface area contributed by atoms with Gasteiger partial charge in [-0.3, -0.25) is 9.69 Å². The van der Waals surface area contributed by atoms with Gasteiger partial charge in [-0.2, -0.15) is 11.3 Å². The van der Waals surface area contributed by atoms with Crippen molar-refractivity contribution in [3.63, 3.8) is 0 Å². The van der Waals surface area contributed by atoms with Crippen molar-refractivity contribution in [3.05, 3.63) is 82.6 Å². The average molecular weight is 306 g/mol. The Kier molecular flexibility index (Phi) is 3.16. The molecule has 1 aliphatic rings. The molecule has 3 nitrogen and oxygen atoms in total. The number of hydrogen-bond acceptors (Lipinski definition) is 3. The third-order valence-electron chi connectivity index (χ3n) is 3.82.